The van der Waals surface area contributed by atoms with Crippen molar-refractivity contribution in [2.45, 2.75) is 160 Å². The summed E-state index contributed by atoms with van der Waals surface area (Å²) >= 11 is 0. The average Bonchev–Trinajstić information content (AvgIpc) is 3.67. The van der Waals surface area contributed by atoms with E-state index in [0.717, 1.165) is 49.7 Å². The van der Waals surface area contributed by atoms with Gasteiger partial charge in [0.1, 0.15) is 35.4 Å². The van der Waals surface area contributed by atoms with E-state index in [-0.39, 0.29) is 31.7 Å². The Kier molecular flexibility index (Phi) is 13.6. The lowest BCUT2D eigenvalue weighted by Crippen LogP contribution is -2.70. The lowest BCUT2D eigenvalue weighted by atomic mass is 9.62. The highest BCUT2D eigenvalue weighted by atomic mass is 16.8. The molecule has 0 spiro atoms. The number of carbonyl (C=O) groups excluding carboxylic acids is 4. The number of nitrogens with one attached hydrogen (secondary N) is 1. The molecular formula is C41H61N3O10. The molecule has 1 aromatic rings. The van der Waals surface area contributed by atoms with Gasteiger partial charge in [-0.25, -0.2) is 0 Å². The Morgan fingerprint density at radius 2 is 1.72 bits per heavy atom. The molecule has 3 heterocycles. The molecule has 2 bridgehead atoms. The molecule has 7 atom stereocenters. The fourth-order valence-electron chi connectivity index (χ4n) is 8.23. The van der Waals surface area contributed by atoms with Crippen LogP contribution < -0.4 is 5.32 Å². The molecule has 13 nitrogen and oxygen atoms in total. The van der Waals surface area contributed by atoms with Crippen molar-refractivity contribution in [2.24, 2.45) is 5.41 Å². The third-order valence-corrected chi connectivity index (χ3v) is 10.9. The van der Waals surface area contributed by atoms with Gasteiger partial charge in [0.05, 0.1) is 19.2 Å². The normalized spacial score (nSPS) is 27.7. The first-order valence-electron chi connectivity index (χ1n) is 19.8. The summed E-state index contributed by atoms with van der Waals surface area (Å²) in [5.41, 5.74) is -0.619. The summed E-state index contributed by atoms with van der Waals surface area (Å²) in [5, 5.41) is 14.9. The van der Waals surface area contributed by atoms with Crippen LogP contribution >= 0.6 is 0 Å². The van der Waals surface area contributed by atoms with E-state index in [4.69, 9.17) is 23.8 Å². The standard InChI is InChI=1S/C41H61N3O10/c1-8-10-14-22-40(23-15-11-9-2)52-33-30-24-41(38(49)42-29(26-45)19-21-32(47)51-39(3,4)5)35(37(48)50-30)44(54-36(41)34(33)53-40)25-28-17-13-12-16-27(28)18-20-31(46)43(6)7/h12-13,16-18,20,29-30,33-36,45H,8-11,14-15,19,21-26H2,1-7H3,(H,42,49). The molecule has 4 fully saturated rings. The van der Waals surface area contributed by atoms with Gasteiger partial charge in [0.2, 0.25) is 11.8 Å². The number of benzene rings is 1. The maximum atomic E-state index is 14.9. The summed E-state index contributed by atoms with van der Waals surface area (Å²) in [5.74, 6) is -2.62. The van der Waals surface area contributed by atoms with Crippen LogP contribution in [-0.4, -0.2) is 107 Å². The number of fused-ring (bicyclic) bond motifs is 4. The number of aliphatic hydroxyl groups is 1. The Morgan fingerprint density at radius 3 is 2.35 bits per heavy atom. The zero-order chi connectivity index (χ0) is 39.3. The minimum Gasteiger partial charge on any atom is -0.460 e. The zero-order valence-electron chi connectivity index (χ0n) is 33.1. The van der Waals surface area contributed by atoms with Crippen LogP contribution in [0.5, 0.6) is 0 Å². The van der Waals surface area contributed by atoms with Gasteiger partial charge in [0.15, 0.2) is 11.8 Å². The number of hydrogen-bond acceptors (Lipinski definition) is 11. The van der Waals surface area contributed by atoms with Crippen molar-refractivity contribution < 1.29 is 48.1 Å². The highest BCUT2D eigenvalue weighted by Gasteiger charge is 2.76. The van der Waals surface area contributed by atoms with Gasteiger partial charge >= 0.3 is 11.9 Å². The van der Waals surface area contributed by atoms with Gasteiger partial charge in [-0.3, -0.25) is 24.0 Å². The van der Waals surface area contributed by atoms with Crippen molar-refractivity contribution in [1.82, 2.24) is 15.3 Å². The molecule has 13 heteroatoms. The molecule has 300 valence electrons. The van der Waals surface area contributed by atoms with Gasteiger partial charge in [0, 0.05) is 45.9 Å². The van der Waals surface area contributed by atoms with Crippen LogP contribution in [0, 0.1) is 5.41 Å². The van der Waals surface area contributed by atoms with Crippen molar-refractivity contribution in [3.63, 3.8) is 0 Å². The van der Waals surface area contributed by atoms with Crippen LogP contribution in [0.15, 0.2) is 30.3 Å². The minimum absolute atomic E-state index is 0.0176. The number of aliphatic hydroxyl groups excluding tert-OH is 1. The van der Waals surface area contributed by atoms with Crippen LogP contribution in [0.25, 0.3) is 6.08 Å². The van der Waals surface area contributed by atoms with Crippen LogP contribution in [0.4, 0.5) is 0 Å². The summed E-state index contributed by atoms with van der Waals surface area (Å²) in [6.07, 6.45) is 7.62. The van der Waals surface area contributed by atoms with Gasteiger partial charge in [0.25, 0.3) is 0 Å². The monoisotopic (exact) mass is 755 g/mol. The molecule has 0 radical (unpaired) electrons. The molecule has 4 aliphatic rings. The Hall–Kier alpha value is -3.36. The quantitative estimate of drug-likeness (QED) is 0.120. The summed E-state index contributed by atoms with van der Waals surface area (Å²) in [4.78, 5) is 62.3. The Bertz CT molecular complexity index is 1510. The molecule has 2 N–H and O–H groups in total. The predicted octanol–water partition coefficient (Wildman–Crippen LogP) is 4.83. The van der Waals surface area contributed by atoms with E-state index < -0.39 is 77.8 Å². The topological polar surface area (TPSA) is 153 Å². The summed E-state index contributed by atoms with van der Waals surface area (Å²) in [7, 11) is 3.35. The van der Waals surface area contributed by atoms with E-state index in [0.29, 0.717) is 12.8 Å². The number of esters is 2. The lowest BCUT2D eigenvalue weighted by molar-refractivity contribution is -0.224. The maximum absolute atomic E-state index is 14.9. The van der Waals surface area contributed by atoms with Gasteiger partial charge in [-0.05, 0) is 57.2 Å². The van der Waals surface area contributed by atoms with Gasteiger partial charge < -0.3 is 34.3 Å². The first-order chi connectivity index (χ1) is 25.7. The van der Waals surface area contributed by atoms with Crippen molar-refractivity contribution >= 4 is 29.8 Å². The maximum Gasteiger partial charge on any atom is 0.327 e. The molecule has 1 aliphatic carbocycles. The Morgan fingerprint density at radius 1 is 1.06 bits per heavy atom. The number of unbranched alkanes of at least 4 members (excludes halogenated alkanes) is 4. The van der Waals surface area contributed by atoms with E-state index in [1.165, 1.54) is 16.0 Å². The molecule has 3 saturated heterocycles. The van der Waals surface area contributed by atoms with Gasteiger partial charge in [-0.15, -0.1) is 0 Å². The summed E-state index contributed by atoms with van der Waals surface area (Å²) in [6.45, 7) is 9.31. The molecule has 5 rings (SSSR count). The molecular weight excluding hydrogens is 694 g/mol. The number of carbonyl (C=O) groups is 4. The van der Waals surface area contributed by atoms with E-state index in [2.05, 4.69) is 19.2 Å². The van der Waals surface area contributed by atoms with Crippen LogP contribution in [0.3, 0.4) is 0 Å². The molecule has 0 aromatic heterocycles. The van der Waals surface area contributed by atoms with Crippen molar-refractivity contribution in [3.8, 4) is 0 Å². The molecule has 54 heavy (non-hydrogen) atoms. The van der Waals surface area contributed by atoms with Crippen LogP contribution in [0.1, 0.15) is 116 Å². The third-order valence-electron chi connectivity index (χ3n) is 10.9. The second-order valence-electron chi connectivity index (χ2n) is 16.5. The van der Waals surface area contributed by atoms with Crippen LogP contribution in [-0.2, 0) is 49.5 Å². The van der Waals surface area contributed by atoms with Gasteiger partial charge in [-0.1, -0.05) is 63.8 Å². The van der Waals surface area contributed by atoms with Crippen molar-refractivity contribution in [2.75, 3.05) is 20.7 Å². The van der Waals surface area contributed by atoms with E-state index in [9.17, 15) is 24.3 Å². The number of likely N-dealkylation sites (N-methyl/N-ethyl adjacent to an activating group) is 1. The minimum atomic E-state index is -1.46. The first kappa shape index (κ1) is 41.8. The number of rotatable bonds is 18. The van der Waals surface area contributed by atoms with Crippen molar-refractivity contribution in [3.05, 3.63) is 41.5 Å². The van der Waals surface area contributed by atoms with Gasteiger partial charge in [-0.2, -0.15) is 5.06 Å². The number of hydroxylamine groups is 2. The molecule has 2 amide bonds. The number of nitrogens with zero attached hydrogens (tertiary/aromatic N) is 2. The number of ether oxygens (including phenoxy) is 4. The highest BCUT2D eigenvalue weighted by molar-refractivity contribution is 5.94. The second-order valence-corrected chi connectivity index (χ2v) is 16.5. The summed E-state index contributed by atoms with van der Waals surface area (Å²) < 4.78 is 25.4. The Labute approximate surface area is 320 Å². The first-order valence-corrected chi connectivity index (χ1v) is 19.8. The van der Waals surface area contributed by atoms with Crippen LogP contribution in [0.2, 0.25) is 0 Å². The van der Waals surface area contributed by atoms with Crippen molar-refractivity contribution in [1.29, 1.82) is 0 Å². The SMILES string of the molecule is CCCCCC1(CCCCC)OC2C3CC4(C(=O)NC(CO)CCC(=O)OC(C)(C)C)C(ON(Cc5ccccc5C=CC(=O)N(C)C)C4C(=O)O3)C2O1. The predicted molar refractivity (Wildman–Crippen MR) is 200 cm³/mol. The van der Waals surface area contributed by atoms with E-state index >= 15 is 0 Å². The molecule has 1 saturated carbocycles. The molecule has 1 aromatic carbocycles. The molecule has 3 aliphatic heterocycles. The smallest absolute Gasteiger partial charge is 0.327 e. The average molecular weight is 756 g/mol. The fourth-order valence-corrected chi connectivity index (χ4v) is 8.23. The highest BCUT2D eigenvalue weighted by Crippen LogP contribution is 2.58. The van der Waals surface area contributed by atoms with E-state index in [1.807, 2.05) is 24.3 Å². The zero-order valence-corrected chi connectivity index (χ0v) is 33.1. The largest absolute Gasteiger partial charge is 0.460 e. The second kappa shape index (κ2) is 17.6. The number of amides is 2. The Balaban J connectivity index is 1.50. The fraction of sp³-hybridized carbons (Fsp3) is 0.707. The molecule has 7 unspecified atom stereocenters. The third kappa shape index (κ3) is 9.18. The van der Waals surface area contributed by atoms with E-state index in [1.54, 1.807) is 40.9 Å². The number of hydrogen-bond donors (Lipinski definition) is 2. The lowest BCUT2D eigenvalue weighted by Gasteiger charge is -2.49. The summed E-state index contributed by atoms with van der Waals surface area (Å²) in [6, 6.07) is 5.55.